The van der Waals surface area contributed by atoms with E-state index in [2.05, 4.69) is 66.1 Å². The van der Waals surface area contributed by atoms with E-state index in [0.29, 0.717) is 24.6 Å². The van der Waals surface area contributed by atoms with Crippen molar-refractivity contribution in [3.63, 3.8) is 0 Å². The molecule has 0 aliphatic heterocycles. The van der Waals surface area contributed by atoms with Gasteiger partial charge >= 0.3 is 29.8 Å². The largest absolute Gasteiger partial charge is 0.462 e. The van der Waals surface area contributed by atoms with Gasteiger partial charge in [0, 0.05) is 38.3 Å². The van der Waals surface area contributed by atoms with Crippen molar-refractivity contribution in [2.45, 2.75) is 317 Å². The highest BCUT2D eigenvalue weighted by molar-refractivity contribution is 6.29. The monoisotopic (exact) mass is 1190 g/mol. The summed E-state index contributed by atoms with van der Waals surface area (Å²) < 4.78 is 28.7. The summed E-state index contributed by atoms with van der Waals surface area (Å²) in [5.41, 5.74) is 2.22. The van der Waals surface area contributed by atoms with Gasteiger partial charge < -0.3 is 33.9 Å². The maximum absolute atomic E-state index is 13.4. The Morgan fingerprint density at radius 1 is 0.595 bits per heavy atom. The molecule has 1 aliphatic rings. The van der Waals surface area contributed by atoms with Gasteiger partial charge in [0.2, 0.25) is 0 Å². The minimum atomic E-state index is -0.961. The van der Waals surface area contributed by atoms with E-state index >= 15 is 0 Å². The van der Waals surface area contributed by atoms with Gasteiger partial charge in [-0.2, -0.15) is 0 Å². The topological polar surface area (TPSA) is 173 Å². The molecule has 2 aromatic rings. The van der Waals surface area contributed by atoms with Crippen molar-refractivity contribution in [1.82, 2.24) is 9.97 Å². The third-order valence-electron chi connectivity index (χ3n) is 15.8. The van der Waals surface area contributed by atoms with E-state index in [1.165, 1.54) is 135 Å². The highest BCUT2D eigenvalue weighted by Gasteiger charge is 2.31. The number of nitrogens with zero attached hydrogens (tertiary/aromatic N) is 3. The molecule has 1 fully saturated rings. The van der Waals surface area contributed by atoms with Crippen LogP contribution in [0, 0.1) is 11.8 Å². The molecule has 3 rings (SSSR count). The zero-order valence-electron chi connectivity index (χ0n) is 54.0. The molecular weight excluding hydrogens is 1080 g/mol. The number of benzene rings is 1. The zero-order chi connectivity index (χ0) is 61.4. The fraction of sp³-hybridized carbons (Fsp3) is 0.783. The van der Waals surface area contributed by atoms with Crippen molar-refractivity contribution in [3.8, 4) is 0 Å². The summed E-state index contributed by atoms with van der Waals surface area (Å²) in [7, 11) is 0. The molecule has 1 unspecified atom stereocenters. The van der Waals surface area contributed by atoms with E-state index in [1.54, 1.807) is 6.20 Å². The van der Waals surface area contributed by atoms with Gasteiger partial charge in [0.15, 0.2) is 6.10 Å². The molecule has 1 saturated carbocycles. The molecule has 2 atom stereocenters. The lowest BCUT2D eigenvalue weighted by Gasteiger charge is -2.40. The maximum Gasteiger partial charge on any atom is 0.306 e. The van der Waals surface area contributed by atoms with Gasteiger partial charge in [0.1, 0.15) is 35.9 Å². The number of rotatable bonds is 47. The Morgan fingerprint density at radius 2 is 1.07 bits per heavy atom. The van der Waals surface area contributed by atoms with Crippen LogP contribution in [-0.2, 0) is 47.7 Å². The van der Waals surface area contributed by atoms with Crippen molar-refractivity contribution in [2.24, 2.45) is 11.8 Å². The van der Waals surface area contributed by atoms with E-state index in [9.17, 15) is 24.0 Å². The molecule has 0 radical (unpaired) electrons. The van der Waals surface area contributed by atoms with Crippen LogP contribution in [0.5, 0.6) is 0 Å². The zero-order valence-corrected chi connectivity index (χ0v) is 54.8. The van der Waals surface area contributed by atoms with Crippen LogP contribution in [0.25, 0.3) is 0 Å². The van der Waals surface area contributed by atoms with Crippen LogP contribution in [-0.4, -0.2) is 83.4 Å². The highest BCUT2D eigenvalue weighted by atomic mass is 35.5. The average Bonchev–Trinajstić information content (AvgIpc) is 3.56. The van der Waals surface area contributed by atoms with Crippen molar-refractivity contribution in [1.29, 1.82) is 0 Å². The molecule has 14 nitrogen and oxygen atoms in total. The van der Waals surface area contributed by atoms with E-state index in [-0.39, 0.29) is 98.3 Å². The second-order valence-corrected chi connectivity index (χ2v) is 26.1. The number of carbonyl (C=O) groups is 5. The number of aromatic nitrogens is 2. The predicted octanol–water partition coefficient (Wildman–Crippen LogP) is 18.4. The normalized spacial score (nSPS) is 15.1. The molecule has 0 spiro atoms. The Balaban J connectivity index is 1.52. The molecule has 1 aromatic heterocycles. The molecule has 84 heavy (non-hydrogen) atoms. The van der Waals surface area contributed by atoms with Gasteiger partial charge in [-0.1, -0.05) is 213 Å². The van der Waals surface area contributed by atoms with Crippen LogP contribution >= 0.6 is 11.6 Å². The minimum Gasteiger partial charge on any atom is -0.462 e. The lowest BCUT2D eigenvalue weighted by atomic mass is 9.90. The molecular formula is C69H115ClN4O10. The van der Waals surface area contributed by atoms with Crippen LogP contribution in [0.15, 0.2) is 30.6 Å². The first-order chi connectivity index (χ1) is 40.3. The summed E-state index contributed by atoms with van der Waals surface area (Å²) in [5, 5.41) is 3.78. The summed E-state index contributed by atoms with van der Waals surface area (Å²) in [5.74, 6) is -1.54. The van der Waals surface area contributed by atoms with Gasteiger partial charge in [-0.15, -0.1) is 0 Å². The Labute approximate surface area is 513 Å². The lowest BCUT2D eigenvalue weighted by molar-refractivity contribution is -0.168. The maximum atomic E-state index is 13.4. The fourth-order valence-electron chi connectivity index (χ4n) is 11.1. The summed E-state index contributed by atoms with van der Waals surface area (Å²) in [4.78, 5) is 76.6. The van der Waals surface area contributed by atoms with E-state index in [4.69, 9.17) is 35.3 Å². The van der Waals surface area contributed by atoms with Crippen molar-refractivity contribution < 1.29 is 47.7 Å². The first-order valence-corrected chi connectivity index (χ1v) is 33.8. The summed E-state index contributed by atoms with van der Waals surface area (Å²) in [6.07, 6.45) is 37.1. The third kappa shape index (κ3) is 35.2. The first-order valence-electron chi connectivity index (χ1n) is 33.4. The lowest BCUT2D eigenvalue weighted by Crippen LogP contribution is -2.42. The number of halogens is 1. The van der Waals surface area contributed by atoms with E-state index in [0.717, 1.165) is 74.8 Å². The molecule has 0 amide bonds. The van der Waals surface area contributed by atoms with Gasteiger partial charge in [0.05, 0.1) is 30.2 Å². The molecule has 1 aliphatic carbocycles. The van der Waals surface area contributed by atoms with Crippen LogP contribution in [0.4, 0.5) is 17.2 Å². The van der Waals surface area contributed by atoms with Gasteiger partial charge in [-0.25, -0.2) is 9.97 Å². The molecule has 0 bridgehead atoms. The number of esters is 5. The van der Waals surface area contributed by atoms with Crippen LogP contribution < -0.4 is 10.2 Å². The van der Waals surface area contributed by atoms with Crippen LogP contribution in [0.2, 0.25) is 5.15 Å². The number of unbranched alkanes of at least 4 members (excludes halogenated alkanes) is 24. The second kappa shape index (κ2) is 44.0. The first kappa shape index (κ1) is 73.8. The quantitative estimate of drug-likeness (QED) is 0.0377. The number of carbonyl (C=O) groups excluding carboxylic acids is 5. The standard InChI is InChI=1S/C69H115ClN4O10/c1-10-12-14-16-18-20-22-24-26-28-30-32-34-36-64(75)80-51-59(52-81-65(76)37-35-33-31-29-27-25-23-21-19-17-15-13-11-2)83-67(78)45-54(5)44-66(77)82-58-41-39-57(40-42-58)74(50-53(3)4)61-43-38-56(55(6)46-68(79)84-69(7,8)9)47-60(61)73-63-49-71-62(70)48-72-63/h38,43,47-49,53-55,57-59H,10-37,39-42,44-46,50-52H2,1-9H3,(H,72,73)/t54?,55-,57?,58?/m1/s1. The summed E-state index contributed by atoms with van der Waals surface area (Å²) in [6.45, 7) is 18.7. The number of hydrogen-bond acceptors (Lipinski definition) is 14. The fourth-order valence-corrected chi connectivity index (χ4v) is 11.2. The van der Waals surface area contributed by atoms with Crippen LogP contribution in [0.1, 0.15) is 299 Å². The SMILES string of the molecule is CCCCCCCCCCCCCCCC(=O)OCC(COC(=O)CCCCCCCCCCCCCCC)OC(=O)CC(C)CC(=O)OC1CCC(N(CC(C)C)c2ccc([C@H](C)CC(=O)OC(C)(C)C)cc2Nc2cnc(Cl)cn2)CC1. The Bertz CT molecular complexity index is 2060. The van der Waals surface area contributed by atoms with Crippen LogP contribution in [0.3, 0.4) is 0 Å². The van der Waals surface area contributed by atoms with Gasteiger partial charge in [0.25, 0.3) is 0 Å². The van der Waals surface area contributed by atoms with Crippen molar-refractivity contribution >= 4 is 58.6 Å². The number of nitrogens with one attached hydrogen (secondary N) is 1. The molecule has 0 saturated heterocycles. The van der Waals surface area contributed by atoms with E-state index in [1.807, 2.05) is 34.6 Å². The van der Waals surface area contributed by atoms with Gasteiger partial charge in [-0.05, 0) is 94.7 Å². The minimum absolute atomic E-state index is 0.0305. The molecule has 478 valence electrons. The number of hydrogen-bond donors (Lipinski definition) is 1. The average molecular weight is 1200 g/mol. The molecule has 1 heterocycles. The van der Waals surface area contributed by atoms with Crippen molar-refractivity contribution in [2.75, 3.05) is 30.0 Å². The summed E-state index contributed by atoms with van der Waals surface area (Å²) in [6, 6.07) is 6.42. The van der Waals surface area contributed by atoms with Crippen molar-refractivity contribution in [3.05, 3.63) is 41.3 Å². The smallest absolute Gasteiger partial charge is 0.306 e. The Morgan fingerprint density at radius 3 is 1.52 bits per heavy atom. The predicted molar refractivity (Wildman–Crippen MR) is 341 cm³/mol. The molecule has 1 aromatic carbocycles. The second-order valence-electron chi connectivity index (χ2n) is 25.8. The highest BCUT2D eigenvalue weighted by Crippen LogP contribution is 2.38. The van der Waals surface area contributed by atoms with E-state index < -0.39 is 17.7 Å². The van der Waals surface area contributed by atoms with Gasteiger partial charge in [-0.3, -0.25) is 24.0 Å². The third-order valence-corrected chi connectivity index (χ3v) is 16.0. The Kier molecular flexibility index (Phi) is 38.7. The molecule has 15 heteroatoms. The Hall–Kier alpha value is -4.46. The molecule has 1 N–H and O–H groups in total. The summed E-state index contributed by atoms with van der Waals surface area (Å²) >= 11 is 6.10. The number of ether oxygens (including phenoxy) is 5. The number of anilines is 3.